The molecule has 0 heterocycles. The number of hydrogen-bond acceptors (Lipinski definition) is 2. The van der Waals surface area contributed by atoms with Crippen molar-refractivity contribution in [3.63, 3.8) is 0 Å². The van der Waals surface area contributed by atoms with Gasteiger partial charge in [-0.2, -0.15) is 0 Å². The van der Waals surface area contributed by atoms with Gasteiger partial charge in [-0.3, -0.25) is 4.79 Å². The molecule has 3 aromatic rings. The quantitative estimate of drug-likeness (QED) is 0.707. The van der Waals surface area contributed by atoms with E-state index in [2.05, 4.69) is 21.2 Å². The molecule has 0 aromatic heterocycles. The van der Waals surface area contributed by atoms with Crippen LogP contribution < -0.4 is 10.1 Å². The third kappa shape index (κ3) is 3.90. The van der Waals surface area contributed by atoms with Gasteiger partial charge in [0, 0.05) is 10.2 Å². The summed E-state index contributed by atoms with van der Waals surface area (Å²) in [6.45, 7) is 1.96. The number of carbonyl (C=O) groups excluding carboxylic acids is 1. The van der Waals surface area contributed by atoms with Gasteiger partial charge in [0.15, 0.2) is 6.61 Å². The van der Waals surface area contributed by atoms with Crippen molar-refractivity contribution in [1.82, 2.24) is 0 Å². The second kappa shape index (κ2) is 6.84. The van der Waals surface area contributed by atoms with Crippen molar-refractivity contribution < 1.29 is 9.53 Å². The van der Waals surface area contributed by atoms with Gasteiger partial charge >= 0.3 is 0 Å². The zero-order valence-electron chi connectivity index (χ0n) is 12.7. The molecule has 23 heavy (non-hydrogen) atoms. The van der Waals surface area contributed by atoms with Crippen LogP contribution in [0, 0.1) is 6.92 Å². The molecule has 4 heteroatoms. The number of nitrogens with one attached hydrogen (secondary N) is 1. The average Bonchev–Trinajstić information content (AvgIpc) is 2.56. The fraction of sp³-hybridized carbons (Fsp3) is 0.105. The van der Waals surface area contributed by atoms with E-state index in [4.69, 9.17) is 4.74 Å². The molecule has 0 unspecified atom stereocenters. The second-order valence-electron chi connectivity index (χ2n) is 5.31. The Bertz CT molecular complexity index is 861. The molecule has 3 rings (SSSR count). The zero-order chi connectivity index (χ0) is 16.2. The molecule has 0 fully saturated rings. The van der Waals surface area contributed by atoms with E-state index in [-0.39, 0.29) is 12.5 Å². The molecule has 0 atom stereocenters. The summed E-state index contributed by atoms with van der Waals surface area (Å²) in [6.07, 6.45) is 0. The Morgan fingerprint density at radius 3 is 2.61 bits per heavy atom. The number of carbonyl (C=O) groups is 1. The molecule has 3 aromatic carbocycles. The van der Waals surface area contributed by atoms with Gasteiger partial charge < -0.3 is 10.1 Å². The highest BCUT2D eigenvalue weighted by atomic mass is 79.9. The van der Waals surface area contributed by atoms with E-state index >= 15 is 0 Å². The van der Waals surface area contributed by atoms with Crippen LogP contribution in [0.25, 0.3) is 10.8 Å². The van der Waals surface area contributed by atoms with E-state index < -0.39 is 0 Å². The van der Waals surface area contributed by atoms with Crippen molar-refractivity contribution in [2.24, 2.45) is 0 Å². The number of fused-ring (bicyclic) bond motifs is 1. The van der Waals surface area contributed by atoms with Crippen molar-refractivity contribution in [3.8, 4) is 5.75 Å². The number of rotatable bonds is 4. The molecular weight excluding hydrogens is 354 g/mol. The molecule has 1 amide bonds. The maximum Gasteiger partial charge on any atom is 0.262 e. The van der Waals surface area contributed by atoms with Crippen LogP contribution in [0.5, 0.6) is 5.75 Å². The molecule has 0 saturated carbocycles. The lowest BCUT2D eigenvalue weighted by atomic mass is 10.1. The molecule has 0 saturated heterocycles. The van der Waals surface area contributed by atoms with Gasteiger partial charge in [0.05, 0.1) is 0 Å². The van der Waals surface area contributed by atoms with Crippen LogP contribution in [0.1, 0.15) is 5.56 Å². The normalized spacial score (nSPS) is 10.5. The summed E-state index contributed by atoms with van der Waals surface area (Å²) in [5.74, 6) is 0.505. The third-order valence-corrected chi connectivity index (χ3v) is 4.42. The Morgan fingerprint density at radius 1 is 1.04 bits per heavy atom. The summed E-state index contributed by atoms with van der Waals surface area (Å²) in [7, 11) is 0. The fourth-order valence-corrected chi connectivity index (χ4v) is 2.57. The lowest BCUT2D eigenvalue weighted by molar-refractivity contribution is -0.118. The summed E-state index contributed by atoms with van der Waals surface area (Å²) >= 11 is 3.44. The summed E-state index contributed by atoms with van der Waals surface area (Å²) in [4.78, 5) is 12.0. The van der Waals surface area contributed by atoms with E-state index in [0.717, 1.165) is 26.5 Å². The van der Waals surface area contributed by atoms with E-state index in [1.165, 1.54) is 0 Å². The minimum Gasteiger partial charge on any atom is -0.484 e. The SMILES string of the molecule is Cc1cc(NC(=O)COc2ccc3ccccc3c2)ccc1Br. The second-order valence-corrected chi connectivity index (χ2v) is 6.16. The predicted molar refractivity (Wildman–Crippen MR) is 97.0 cm³/mol. The van der Waals surface area contributed by atoms with Crippen LogP contribution in [-0.4, -0.2) is 12.5 Å². The summed E-state index contributed by atoms with van der Waals surface area (Å²) in [5.41, 5.74) is 1.83. The third-order valence-electron chi connectivity index (χ3n) is 3.53. The minimum atomic E-state index is -0.181. The fourth-order valence-electron chi connectivity index (χ4n) is 2.33. The number of ether oxygens (including phenoxy) is 1. The number of amides is 1. The van der Waals surface area contributed by atoms with Gasteiger partial charge in [-0.25, -0.2) is 0 Å². The van der Waals surface area contributed by atoms with Crippen molar-refractivity contribution in [2.75, 3.05) is 11.9 Å². The van der Waals surface area contributed by atoms with E-state index in [1.807, 2.05) is 67.6 Å². The van der Waals surface area contributed by atoms with Crippen LogP contribution in [0.15, 0.2) is 65.1 Å². The molecule has 116 valence electrons. The first-order chi connectivity index (χ1) is 11.1. The maximum absolute atomic E-state index is 12.0. The maximum atomic E-state index is 12.0. The van der Waals surface area contributed by atoms with Crippen molar-refractivity contribution in [2.45, 2.75) is 6.92 Å². The smallest absolute Gasteiger partial charge is 0.262 e. The topological polar surface area (TPSA) is 38.3 Å². The van der Waals surface area contributed by atoms with E-state index in [0.29, 0.717) is 5.75 Å². The number of aryl methyl sites for hydroxylation is 1. The largest absolute Gasteiger partial charge is 0.484 e. The standard InChI is InChI=1S/C19H16BrNO2/c1-13-10-16(7-9-18(13)20)21-19(22)12-23-17-8-6-14-4-2-3-5-15(14)11-17/h2-11H,12H2,1H3,(H,21,22). The lowest BCUT2D eigenvalue weighted by Crippen LogP contribution is -2.20. The Morgan fingerprint density at radius 2 is 1.83 bits per heavy atom. The highest BCUT2D eigenvalue weighted by Crippen LogP contribution is 2.21. The number of hydrogen-bond donors (Lipinski definition) is 1. The van der Waals surface area contributed by atoms with Gasteiger partial charge in [-0.15, -0.1) is 0 Å². The Hall–Kier alpha value is -2.33. The van der Waals surface area contributed by atoms with Crippen molar-refractivity contribution >= 4 is 38.3 Å². The van der Waals surface area contributed by atoms with E-state index in [9.17, 15) is 4.79 Å². The van der Waals surface area contributed by atoms with Crippen LogP contribution in [0.4, 0.5) is 5.69 Å². The van der Waals surface area contributed by atoms with Crippen LogP contribution >= 0.6 is 15.9 Å². The first-order valence-corrected chi connectivity index (χ1v) is 8.09. The molecule has 0 aliphatic carbocycles. The first kappa shape index (κ1) is 15.6. The minimum absolute atomic E-state index is 0.0204. The highest BCUT2D eigenvalue weighted by molar-refractivity contribution is 9.10. The van der Waals surface area contributed by atoms with Gasteiger partial charge in [-0.05, 0) is 53.6 Å². The van der Waals surface area contributed by atoms with Crippen LogP contribution in [0.2, 0.25) is 0 Å². The molecule has 0 bridgehead atoms. The first-order valence-electron chi connectivity index (χ1n) is 7.29. The van der Waals surface area contributed by atoms with Gasteiger partial charge in [0.1, 0.15) is 5.75 Å². The monoisotopic (exact) mass is 369 g/mol. The van der Waals surface area contributed by atoms with Crippen LogP contribution in [-0.2, 0) is 4.79 Å². The lowest BCUT2D eigenvalue weighted by Gasteiger charge is -2.09. The average molecular weight is 370 g/mol. The molecule has 3 nitrogen and oxygen atoms in total. The molecule has 0 radical (unpaired) electrons. The van der Waals surface area contributed by atoms with Crippen LogP contribution in [0.3, 0.4) is 0 Å². The summed E-state index contributed by atoms with van der Waals surface area (Å²) in [5, 5.41) is 5.07. The van der Waals surface area contributed by atoms with Crippen molar-refractivity contribution in [1.29, 1.82) is 0 Å². The van der Waals surface area contributed by atoms with Gasteiger partial charge in [-0.1, -0.05) is 46.3 Å². The summed E-state index contributed by atoms with van der Waals surface area (Å²) in [6, 6.07) is 19.5. The Kier molecular flexibility index (Phi) is 4.63. The summed E-state index contributed by atoms with van der Waals surface area (Å²) < 4.78 is 6.60. The Balaban J connectivity index is 1.62. The molecule has 0 aliphatic rings. The predicted octanol–water partition coefficient (Wildman–Crippen LogP) is 4.93. The van der Waals surface area contributed by atoms with Gasteiger partial charge in [0.2, 0.25) is 0 Å². The molecule has 1 N–H and O–H groups in total. The number of halogens is 1. The van der Waals surface area contributed by atoms with Crippen molar-refractivity contribution in [3.05, 3.63) is 70.7 Å². The molecule has 0 aliphatic heterocycles. The zero-order valence-corrected chi connectivity index (χ0v) is 14.3. The molecule has 0 spiro atoms. The van der Waals surface area contributed by atoms with E-state index in [1.54, 1.807) is 0 Å². The highest BCUT2D eigenvalue weighted by Gasteiger charge is 2.05. The number of anilines is 1. The molecular formula is C19H16BrNO2. The number of benzene rings is 3. The van der Waals surface area contributed by atoms with Gasteiger partial charge in [0.25, 0.3) is 5.91 Å². The Labute approximate surface area is 143 Å².